The summed E-state index contributed by atoms with van der Waals surface area (Å²) in [6.45, 7) is 11.7. The summed E-state index contributed by atoms with van der Waals surface area (Å²) in [5, 5.41) is 0.687. The molecule has 0 aliphatic heterocycles. The van der Waals surface area contributed by atoms with Crippen molar-refractivity contribution < 1.29 is 8.42 Å². The molecular weight excluding hydrogens is 294 g/mol. The zero-order chi connectivity index (χ0) is 15.5. The topological polar surface area (TPSA) is 76.3 Å². The lowest BCUT2D eigenvalue weighted by atomic mass is 10.1. The van der Waals surface area contributed by atoms with Gasteiger partial charge < -0.3 is 10.6 Å². The van der Waals surface area contributed by atoms with Crippen LogP contribution in [0, 0.1) is 11.8 Å². The smallest absolute Gasteiger partial charge is 0.184 e. The molecule has 1 aromatic rings. The molecule has 0 saturated carbocycles. The Morgan fingerprint density at radius 2 is 1.70 bits per heavy atom. The first kappa shape index (κ1) is 17.2. The van der Waals surface area contributed by atoms with Crippen molar-refractivity contribution in [2.75, 3.05) is 29.5 Å². The summed E-state index contributed by atoms with van der Waals surface area (Å²) >= 11 is 1.18. The van der Waals surface area contributed by atoms with Crippen molar-refractivity contribution in [3.05, 3.63) is 0 Å². The summed E-state index contributed by atoms with van der Waals surface area (Å²) in [6, 6.07) is 0. The van der Waals surface area contributed by atoms with Gasteiger partial charge in [-0.05, 0) is 23.4 Å². The van der Waals surface area contributed by atoms with Crippen LogP contribution in [0.4, 0.5) is 10.8 Å². The van der Waals surface area contributed by atoms with Crippen LogP contribution in [0.1, 0.15) is 34.6 Å². The van der Waals surface area contributed by atoms with Crippen LogP contribution in [0.25, 0.3) is 0 Å². The van der Waals surface area contributed by atoms with Gasteiger partial charge in [-0.3, -0.25) is 0 Å². The van der Waals surface area contributed by atoms with Gasteiger partial charge in [0.05, 0.1) is 5.75 Å². The highest BCUT2D eigenvalue weighted by molar-refractivity contribution is 7.91. The second-order valence-corrected chi connectivity index (χ2v) is 8.77. The fourth-order valence-corrected chi connectivity index (χ4v) is 4.37. The van der Waals surface area contributed by atoms with E-state index in [1.54, 1.807) is 6.92 Å². The first-order chi connectivity index (χ1) is 9.19. The van der Waals surface area contributed by atoms with E-state index in [1.807, 2.05) is 0 Å². The molecule has 0 atom stereocenters. The minimum absolute atomic E-state index is 0.0415. The van der Waals surface area contributed by atoms with E-state index < -0.39 is 9.84 Å². The molecule has 1 rings (SSSR count). The Morgan fingerprint density at radius 1 is 1.20 bits per heavy atom. The largest absolute Gasteiger partial charge is 0.382 e. The van der Waals surface area contributed by atoms with E-state index in [2.05, 4.69) is 37.0 Å². The number of aromatic nitrogens is 1. The maximum Gasteiger partial charge on any atom is 0.184 e. The molecule has 0 aromatic carbocycles. The van der Waals surface area contributed by atoms with E-state index in [0.29, 0.717) is 16.8 Å². The van der Waals surface area contributed by atoms with Crippen LogP contribution in [0.15, 0.2) is 4.90 Å². The standard InChI is InChI=1S/C13H25N3O2S2/c1-6-20(17,18)11-12(14)15-19-13(11)16(7-9(2)3)8-10(4)5/h9-10H,6-8H2,1-5H3,(H2,14,15). The number of sulfone groups is 1. The summed E-state index contributed by atoms with van der Waals surface area (Å²) in [6.07, 6.45) is 0. The Kier molecular flexibility index (Phi) is 5.82. The van der Waals surface area contributed by atoms with Gasteiger partial charge in [0, 0.05) is 13.1 Å². The molecule has 0 spiro atoms. The van der Waals surface area contributed by atoms with Crippen LogP contribution >= 0.6 is 11.5 Å². The molecule has 0 amide bonds. The van der Waals surface area contributed by atoms with Crippen LogP contribution in [0.5, 0.6) is 0 Å². The number of hydrogen-bond acceptors (Lipinski definition) is 6. The number of anilines is 2. The molecule has 5 nitrogen and oxygen atoms in total. The molecule has 0 bridgehead atoms. The Labute approximate surface area is 126 Å². The minimum Gasteiger partial charge on any atom is -0.382 e. The van der Waals surface area contributed by atoms with Crippen LogP contribution in [0.2, 0.25) is 0 Å². The third kappa shape index (κ3) is 4.09. The van der Waals surface area contributed by atoms with Crippen LogP contribution in [0.3, 0.4) is 0 Å². The molecule has 2 N–H and O–H groups in total. The molecular formula is C13H25N3O2S2. The Bertz CT molecular complexity index is 526. The van der Waals surface area contributed by atoms with Crippen molar-refractivity contribution in [1.82, 2.24) is 4.37 Å². The maximum atomic E-state index is 12.2. The lowest BCUT2D eigenvalue weighted by Gasteiger charge is -2.27. The van der Waals surface area contributed by atoms with Crippen molar-refractivity contribution in [3.8, 4) is 0 Å². The molecule has 1 aromatic heterocycles. The second kappa shape index (κ2) is 6.76. The molecule has 20 heavy (non-hydrogen) atoms. The highest BCUT2D eigenvalue weighted by Crippen LogP contribution is 2.36. The van der Waals surface area contributed by atoms with Gasteiger partial charge in [-0.15, -0.1) is 0 Å². The molecule has 7 heteroatoms. The molecule has 1 heterocycles. The quantitative estimate of drug-likeness (QED) is 0.836. The van der Waals surface area contributed by atoms with Gasteiger partial charge in [-0.2, -0.15) is 4.37 Å². The van der Waals surface area contributed by atoms with E-state index in [9.17, 15) is 8.42 Å². The van der Waals surface area contributed by atoms with Gasteiger partial charge in [0.25, 0.3) is 0 Å². The minimum atomic E-state index is -3.35. The first-order valence-electron chi connectivity index (χ1n) is 6.91. The van der Waals surface area contributed by atoms with E-state index in [1.165, 1.54) is 11.5 Å². The van der Waals surface area contributed by atoms with E-state index >= 15 is 0 Å². The van der Waals surface area contributed by atoms with Crippen LogP contribution in [-0.2, 0) is 9.84 Å². The predicted molar refractivity (Wildman–Crippen MR) is 86.1 cm³/mol. The maximum absolute atomic E-state index is 12.2. The second-order valence-electron chi connectivity index (χ2n) is 5.80. The fourth-order valence-electron chi connectivity index (χ4n) is 2.04. The van der Waals surface area contributed by atoms with E-state index in [0.717, 1.165) is 13.1 Å². The summed E-state index contributed by atoms with van der Waals surface area (Å²) in [5.74, 6) is 1.05. The van der Waals surface area contributed by atoms with E-state index in [4.69, 9.17) is 5.73 Å². The molecule has 0 aliphatic rings. The average Bonchev–Trinajstić information content (AvgIpc) is 2.69. The summed E-state index contributed by atoms with van der Waals surface area (Å²) in [5.41, 5.74) is 5.80. The molecule has 0 radical (unpaired) electrons. The van der Waals surface area contributed by atoms with Crippen LogP contribution in [-0.4, -0.2) is 31.6 Å². The molecule has 116 valence electrons. The highest BCUT2D eigenvalue weighted by atomic mass is 32.2. The summed E-state index contributed by atoms with van der Waals surface area (Å²) < 4.78 is 28.5. The van der Waals surface area contributed by atoms with Crippen molar-refractivity contribution in [3.63, 3.8) is 0 Å². The third-order valence-electron chi connectivity index (χ3n) is 2.81. The van der Waals surface area contributed by atoms with Gasteiger partial charge in [-0.1, -0.05) is 34.6 Å². The molecule has 0 aliphatic carbocycles. The Hall–Kier alpha value is -0.820. The number of rotatable bonds is 7. The lowest BCUT2D eigenvalue weighted by molar-refractivity contribution is 0.551. The van der Waals surface area contributed by atoms with Gasteiger partial charge in [0.15, 0.2) is 15.7 Å². The molecule has 0 saturated heterocycles. The first-order valence-corrected chi connectivity index (χ1v) is 9.34. The lowest BCUT2D eigenvalue weighted by Crippen LogP contribution is -2.31. The highest BCUT2D eigenvalue weighted by Gasteiger charge is 2.27. The Morgan fingerprint density at radius 3 is 2.10 bits per heavy atom. The van der Waals surface area contributed by atoms with Gasteiger partial charge in [0.2, 0.25) is 0 Å². The number of nitrogens with two attached hydrogens (primary N) is 1. The Balaban J connectivity index is 3.27. The molecule has 0 fully saturated rings. The summed E-state index contributed by atoms with van der Waals surface area (Å²) in [7, 11) is -3.35. The van der Waals surface area contributed by atoms with Crippen LogP contribution < -0.4 is 10.6 Å². The van der Waals surface area contributed by atoms with Gasteiger partial charge >= 0.3 is 0 Å². The third-order valence-corrected chi connectivity index (χ3v) is 5.64. The monoisotopic (exact) mass is 319 g/mol. The number of nitrogen functional groups attached to an aromatic ring is 1. The van der Waals surface area contributed by atoms with Gasteiger partial charge in [-0.25, -0.2) is 8.42 Å². The fraction of sp³-hybridized carbons (Fsp3) is 0.769. The SMILES string of the molecule is CCS(=O)(=O)c1c(N)nsc1N(CC(C)C)CC(C)C. The summed E-state index contributed by atoms with van der Waals surface area (Å²) in [4.78, 5) is 2.32. The van der Waals surface area contributed by atoms with Crippen molar-refractivity contribution in [1.29, 1.82) is 0 Å². The predicted octanol–water partition coefficient (Wildman–Crippen LogP) is 2.64. The van der Waals surface area contributed by atoms with Gasteiger partial charge in [0.1, 0.15) is 9.90 Å². The number of hydrogen-bond donors (Lipinski definition) is 1. The van der Waals surface area contributed by atoms with Crippen molar-refractivity contribution >= 4 is 32.2 Å². The van der Waals surface area contributed by atoms with Crippen molar-refractivity contribution in [2.24, 2.45) is 11.8 Å². The average molecular weight is 319 g/mol. The normalized spacial score (nSPS) is 12.3. The zero-order valence-corrected chi connectivity index (χ0v) is 14.5. The zero-order valence-electron chi connectivity index (χ0n) is 12.9. The number of nitrogens with zero attached hydrogens (tertiary/aromatic N) is 2. The molecule has 0 unspecified atom stereocenters. The van der Waals surface area contributed by atoms with E-state index in [-0.39, 0.29) is 16.5 Å². The van der Waals surface area contributed by atoms with Crippen molar-refractivity contribution in [2.45, 2.75) is 39.5 Å².